The van der Waals surface area contributed by atoms with Crippen LogP contribution in [0.1, 0.15) is 120 Å². The molecule has 2 unspecified atom stereocenters. The van der Waals surface area contributed by atoms with Gasteiger partial charge in [-0.05, 0) is 49.9 Å². The summed E-state index contributed by atoms with van der Waals surface area (Å²) in [5.41, 5.74) is 0. The fraction of sp³-hybridized carbons (Fsp3) is 1.00. The first-order valence-corrected chi connectivity index (χ1v) is 19.7. The normalized spacial score (nSPS) is 14.7. The second kappa shape index (κ2) is 19.1. The van der Waals surface area contributed by atoms with Crippen LogP contribution >= 0.6 is 11.8 Å². The Bertz CT molecular complexity index is 361. The first-order chi connectivity index (χ1) is 15.0. The minimum absolute atomic E-state index is 0.728. The molecule has 0 rings (SSSR count). The van der Waals surface area contributed by atoms with Crippen LogP contribution in [0.4, 0.5) is 0 Å². The topological polar surface area (TPSA) is 18.5 Å². The van der Waals surface area contributed by atoms with Crippen LogP contribution in [0.2, 0.25) is 24.2 Å². The molecule has 0 aromatic rings. The highest BCUT2D eigenvalue weighted by Crippen LogP contribution is 2.43. The maximum absolute atomic E-state index is 6.96. The average Bonchev–Trinajstić information content (AvgIpc) is 2.75. The van der Waals surface area contributed by atoms with Crippen LogP contribution < -0.4 is 0 Å². The molecule has 0 aliphatic heterocycles. The van der Waals surface area contributed by atoms with Gasteiger partial charge in [0.05, 0.1) is 0 Å². The van der Waals surface area contributed by atoms with Crippen molar-refractivity contribution in [3.05, 3.63) is 0 Å². The van der Waals surface area contributed by atoms with Gasteiger partial charge in [0.2, 0.25) is 16.6 Å². The van der Waals surface area contributed by atoms with E-state index in [1.807, 2.05) is 0 Å². The van der Waals surface area contributed by atoms with Gasteiger partial charge in [0, 0.05) is 23.0 Å². The fourth-order valence-corrected chi connectivity index (χ4v) is 20.6. The van der Waals surface area contributed by atoms with Crippen molar-refractivity contribution < 1.29 is 8.85 Å². The van der Waals surface area contributed by atoms with Gasteiger partial charge in [-0.3, -0.25) is 0 Å². The van der Waals surface area contributed by atoms with E-state index < -0.39 is 16.6 Å². The largest absolute Gasteiger partial charge is 0.416 e. The summed E-state index contributed by atoms with van der Waals surface area (Å²) in [5.74, 6) is 0. The highest BCUT2D eigenvalue weighted by atomic mass is 32.2. The van der Waals surface area contributed by atoms with Gasteiger partial charge in [0.25, 0.3) is 0 Å². The monoisotopic (exact) mass is 490 g/mol. The van der Waals surface area contributed by atoms with Gasteiger partial charge in [-0.1, -0.05) is 93.9 Å². The van der Waals surface area contributed by atoms with Gasteiger partial charge in [0.15, 0.2) is 0 Å². The van der Waals surface area contributed by atoms with Gasteiger partial charge in [-0.25, -0.2) is 0 Å². The first-order valence-electron chi connectivity index (χ1n) is 13.9. The molecule has 0 fully saturated rings. The van der Waals surface area contributed by atoms with Crippen molar-refractivity contribution in [3.63, 3.8) is 0 Å². The molecule has 0 aliphatic carbocycles. The van der Waals surface area contributed by atoms with Crippen molar-refractivity contribution in [3.8, 4) is 0 Å². The second-order valence-electron chi connectivity index (χ2n) is 9.52. The van der Waals surface area contributed by atoms with Crippen LogP contribution in [-0.4, -0.2) is 39.6 Å². The van der Waals surface area contributed by atoms with E-state index >= 15 is 0 Å². The number of hydrogen-bond acceptors (Lipinski definition) is 3. The Kier molecular flexibility index (Phi) is 19.5. The Labute approximate surface area is 203 Å². The highest BCUT2D eigenvalue weighted by molar-refractivity contribution is 8.03. The lowest BCUT2D eigenvalue weighted by Crippen LogP contribution is -2.54. The molecular formula is C26H58O2SSi2. The molecule has 0 bridgehead atoms. The van der Waals surface area contributed by atoms with E-state index in [1.165, 1.54) is 75.5 Å². The summed E-state index contributed by atoms with van der Waals surface area (Å²) in [6.45, 7) is 20.8. The van der Waals surface area contributed by atoms with Crippen molar-refractivity contribution in [2.75, 3.05) is 13.2 Å². The third kappa shape index (κ3) is 10.7. The van der Waals surface area contributed by atoms with E-state index in [-0.39, 0.29) is 0 Å². The third-order valence-electron chi connectivity index (χ3n) is 6.48. The molecule has 0 aromatic heterocycles. The van der Waals surface area contributed by atoms with E-state index in [0.717, 1.165) is 35.8 Å². The Morgan fingerprint density at radius 2 is 0.806 bits per heavy atom. The number of hydrogen-bond donors (Lipinski definition) is 0. The Morgan fingerprint density at radius 3 is 1.03 bits per heavy atom. The molecule has 0 amide bonds. The van der Waals surface area contributed by atoms with Crippen molar-refractivity contribution in [2.24, 2.45) is 0 Å². The van der Waals surface area contributed by atoms with Crippen molar-refractivity contribution in [1.82, 2.24) is 0 Å². The van der Waals surface area contributed by atoms with Gasteiger partial charge in [-0.15, -0.1) is 0 Å². The molecule has 0 radical (unpaired) electrons. The Hall–Kier alpha value is 0.704. The molecule has 0 spiro atoms. The predicted molar refractivity (Wildman–Crippen MR) is 149 cm³/mol. The summed E-state index contributed by atoms with van der Waals surface area (Å²) in [5, 5.41) is 0. The van der Waals surface area contributed by atoms with E-state index in [4.69, 9.17) is 8.85 Å². The van der Waals surface area contributed by atoms with Crippen molar-refractivity contribution in [1.29, 1.82) is 0 Å². The molecule has 2 nitrogen and oxygen atoms in total. The summed E-state index contributed by atoms with van der Waals surface area (Å²) in [7, 11) is -3.57. The molecule has 0 N–H and O–H groups in total. The molecule has 0 saturated heterocycles. The lowest BCUT2D eigenvalue weighted by molar-refractivity contribution is 0.291. The van der Waals surface area contributed by atoms with Crippen LogP contribution in [0.25, 0.3) is 0 Å². The SMILES string of the molecule is CCCO[Si](CCC)(CCC)C(CCC)SC(CCC)[Si](CCC)(CCC)OCCC. The fourth-order valence-electron chi connectivity index (χ4n) is 5.30. The first kappa shape index (κ1) is 31.7. The maximum atomic E-state index is 6.96. The van der Waals surface area contributed by atoms with Crippen LogP contribution in [-0.2, 0) is 8.85 Å². The van der Waals surface area contributed by atoms with Crippen LogP contribution in [0.3, 0.4) is 0 Å². The molecule has 2 atom stereocenters. The summed E-state index contributed by atoms with van der Waals surface area (Å²) in [6.07, 6.45) is 12.6. The molecule has 188 valence electrons. The van der Waals surface area contributed by atoms with E-state index in [2.05, 4.69) is 67.2 Å². The minimum atomic E-state index is -1.79. The van der Waals surface area contributed by atoms with Crippen LogP contribution in [0, 0.1) is 0 Å². The van der Waals surface area contributed by atoms with Gasteiger partial charge >= 0.3 is 0 Å². The van der Waals surface area contributed by atoms with E-state index in [1.54, 1.807) is 0 Å². The lowest BCUT2D eigenvalue weighted by atomic mass is 10.4. The Balaban J connectivity index is 6.16. The van der Waals surface area contributed by atoms with E-state index in [9.17, 15) is 0 Å². The molecule has 0 heterocycles. The summed E-state index contributed by atoms with van der Waals surface area (Å²) in [4.78, 5) is 1.46. The molecule has 0 aromatic carbocycles. The second-order valence-corrected chi connectivity index (χ2v) is 20.0. The average molecular weight is 491 g/mol. The van der Waals surface area contributed by atoms with Crippen molar-refractivity contribution in [2.45, 2.75) is 154 Å². The standard InChI is InChI=1S/C26H58O2SSi2/c1-9-17-25(30(21-13-5,22-14-6)27-19-11-3)29-26(18-10-2)31(23-15-7,24-16-8)28-20-12-4/h25-26H,9-24H2,1-8H3. The molecule has 0 aliphatic rings. The van der Waals surface area contributed by atoms with Crippen LogP contribution in [0.15, 0.2) is 0 Å². The highest BCUT2D eigenvalue weighted by Gasteiger charge is 2.48. The lowest BCUT2D eigenvalue weighted by Gasteiger charge is -2.44. The van der Waals surface area contributed by atoms with Crippen molar-refractivity contribution >= 4 is 28.4 Å². The van der Waals surface area contributed by atoms with Gasteiger partial charge in [0.1, 0.15) is 0 Å². The summed E-state index contributed by atoms with van der Waals surface area (Å²) in [6, 6.07) is 5.35. The maximum Gasteiger partial charge on any atom is 0.205 e. The molecular weight excluding hydrogens is 433 g/mol. The minimum Gasteiger partial charge on any atom is -0.416 e. The smallest absolute Gasteiger partial charge is 0.205 e. The predicted octanol–water partition coefficient (Wildman–Crippen LogP) is 9.52. The van der Waals surface area contributed by atoms with Gasteiger partial charge < -0.3 is 8.85 Å². The number of rotatable bonds is 22. The zero-order chi connectivity index (χ0) is 23.6. The molecule has 0 saturated carbocycles. The summed E-state index contributed by atoms with van der Waals surface area (Å²) < 4.78 is 13.9. The summed E-state index contributed by atoms with van der Waals surface area (Å²) >= 11 is 2.39. The zero-order valence-electron chi connectivity index (χ0n) is 22.7. The van der Waals surface area contributed by atoms with E-state index in [0.29, 0.717) is 0 Å². The Morgan fingerprint density at radius 1 is 0.484 bits per heavy atom. The number of thioether (sulfide) groups is 1. The zero-order valence-corrected chi connectivity index (χ0v) is 25.5. The van der Waals surface area contributed by atoms with Crippen LogP contribution in [0.5, 0.6) is 0 Å². The molecule has 5 heteroatoms. The van der Waals surface area contributed by atoms with Gasteiger partial charge in [-0.2, -0.15) is 11.8 Å². The third-order valence-corrected chi connectivity index (χ3v) is 20.9. The quantitative estimate of drug-likeness (QED) is 0.141. The molecule has 31 heavy (non-hydrogen) atoms.